The average Bonchev–Trinajstić information content (AvgIpc) is 3.21. The molecular weight excluding hydrogens is 420 g/mol. The van der Waals surface area contributed by atoms with Gasteiger partial charge in [0, 0.05) is 25.0 Å². The number of aromatic nitrogens is 2. The number of carbonyl (C=O) groups is 1. The number of imidazole rings is 1. The van der Waals surface area contributed by atoms with Crippen molar-refractivity contribution in [3.63, 3.8) is 0 Å². The van der Waals surface area contributed by atoms with Crippen LogP contribution in [0.1, 0.15) is 62.1 Å². The largest absolute Gasteiger partial charge is 0.353 e. The van der Waals surface area contributed by atoms with Gasteiger partial charge in [0.1, 0.15) is 0 Å². The van der Waals surface area contributed by atoms with E-state index in [2.05, 4.69) is 78.0 Å². The number of piperidine rings is 1. The lowest BCUT2D eigenvalue weighted by molar-refractivity contribution is -0.126. The van der Waals surface area contributed by atoms with E-state index in [1.165, 1.54) is 41.5 Å². The van der Waals surface area contributed by atoms with Crippen LogP contribution in [0.25, 0.3) is 11.0 Å². The van der Waals surface area contributed by atoms with Gasteiger partial charge < -0.3 is 14.8 Å². The summed E-state index contributed by atoms with van der Waals surface area (Å²) in [6.07, 6.45) is 6.69. The van der Waals surface area contributed by atoms with E-state index < -0.39 is 0 Å². The van der Waals surface area contributed by atoms with E-state index in [-0.39, 0.29) is 11.8 Å². The molecule has 5 heteroatoms. The zero-order valence-electron chi connectivity index (χ0n) is 20.9. The summed E-state index contributed by atoms with van der Waals surface area (Å²) < 4.78 is 2.36. The molecule has 1 aromatic heterocycles. The summed E-state index contributed by atoms with van der Waals surface area (Å²) >= 11 is 0. The van der Waals surface area contributed by atoms with E-state index in [9.17, 15) is 4.79 Å². The Morgan fingerprint density at radius 3 is 2.59 bits per heavy atom. The molecule has 0 unspecified atom stereocenters. The van der Waals surface area contributed by atoms with Crippen molar-refractivity contribution in [2.75, 3.05) is 18.0 Å². The summed E-state index contributed by atoms with van der Waals surface area (Å²) in [6, 6.07) is 15.5. The number of amides is 1. The number of carbonyl (C=O) groups excluding carboxylic acids is 1. The highest BCUT2D eigenvalue weighted by Crippen LogP contribution is 2.30. The van der Waals surface area contributed by atoms with E-state index in [0.717, 1.165) is 50.4 Å². The van der Waals surface area contributed by atoms with E-state index in [1.54, 1.807) is 0 Å². The Kier molecular flexibility index (Phi) is 6.62. The first-order valence-electron chi connectivity index (χ1n) is 13.1. The summed E-state index contributed by atoms with van der Waals surface area (Å²) in [4.78, 5) is 20.5. The maximum atomic E-state index is 13.0. The fraction of sp³-hybridized carbons (Fsp3) is 0.517. The highest BCUT2D eigenvalue weighted by atomic mass is 16.2. The van der Waals surface area contributed by atoms with Crippen LogP contribution in [0, 0.1) is 25.7 Å². The fourth-order valence-corrected chi connectivity index (χ4v) is 5.77. The molecule has 180 valence electrons. The van der Waals surface area contributed by atoms with E-state index in [1.807, 2.05) is 0 Å². The maximum absolute atomic E-state index is 13.0. The summed E-state index contributed by atoms with van der Waals surface area (Å²) in [7, 11) is 0. The predicted molar refractivity (Wildman–Crippen MR) is 139 cm³/mol. The molecule has 0 radical (unpaired) electrons. The van der Waals surface area contributed by atoms with Gasteiger partial charge in [-0.3, -0.25) is 4.79 Å². The number of benzene rings is 2. The molecule has 0 bridgehead atoms. The second-order valence-corrected chi connectivity index (χ2v) is 10.6. The van der Waals surface area contributed by atoms with Gasteiger partial charge in [-0.05, 0) is 68.7 Å². The smallest absolute Gasteiger partial charge is 0.223 e. The molecule has 1 saturated carbocycles. The standard InChI is InChI=1S/C29H38N4O/c1-20-12-13-21(2)24(18-20)19-33-27-11-7-6-10-26(27)31-29(33)32-16-14-23(15-17-32)28(34)30-25-9-5-4-8-22(25)3/h6-7,10-13,18,22-23,25H,4-5,8-9,14-17,19H2,1-3H3,(H,30,34)/t22-,25-/m1/s1. The lowest BCUT2D eigenvalue weighted by atomic mass is 9.85. The monoisotopic (exact) mass is 458 g/mol. The molecule has 2 aromatic carbocycles. The molecule has 5 nitrogen and oxygen atoms in total. The fourth-order valence-electron chi connectivity index (χ4n) is 5.77. The number of hydrogen-bond acceptors (Lipinski definition) is 3. The molecule has 2 fully saturated rings. The SMILES string of the molecule is Cc1ccc(C)c(Cn2c(N3CCC(C(=O)N[C@@H]4CCCC[C@H]4C)CC3)nc3ccccc32)c1. The van der Waals surface area contributed by atoms with Crippen molar-refractivity contribution in [1.82, 2.24) is 14.9 Å². The predicted octanol–water partition coefficient (Wildman–Crippen LogP) is 5.61. The Morgan fingerprint density at radius 2 is 1.79 bits per heavy atom. The molecule has 1 saturated heterocycles. The van der Waals surface area contributed by atoms with E-state index >= 15 is 0 Å². The van der Waals surface area contributed by atoms with Crippen LogP contribution < -0.4 is 10.2 Å². The summed E-state index contributed by atoms with van der Waals surface area (Å²) in [5.74, 6) is 2.01. The van der Waals surface area contributed by atoms with Crippen LogP contribution in [-0.4, -0.2) is 34.6 Å². The topological polar surface area (TPSA) is 50.2 Å². The minimum absolute atomic E-state index is 0.113. The highest BCUT2D eigenvalue weighted by Gasteiger charge is 2.30. The van der Waals surface area contributed by atoms with Gasteiger partial charge in [0.05, 0.1) is 17.6 Å². The summed E-state index contributed by atoms with van der Waals surface area (Å²) in [6.45, 7) is 9.17. The van der Waals surface area contributed by atoms with Crippen molar-refractivity contribution >= 4 is 22.9 Å². The number of rotatable bonds is 5. The number of hydrogen-bond donors (Lipinski definition) is 1. The maximum Gasteiger partial charge on any atom is 0.223 e. The van der Waals surface area contributed by atoms with Crippen molar-refractivity contribution in [2.45, 2.75) is 71.9 Å². The first-order valence-corrected chi connectivity index (χ1v) is 13.1. The van der Waals surface area contributed by atoms with Crippen LogP contribution in [0.15, 0.2) is 42.5 Å². The Balaban J connectivity index is 1.32. The van der Waals surface area contributed by atoms with Gasteiger partial charge in [-0.1, -0.05) is 55.7 Å². The highest BCUT2D eigenvalue weighted by molar-refractivity contribution is 5.80. The molecular formula is C29H38N4O. The number of fused-ring (bicyclic) bond motifs is 1. The second-order valence-electron chi connectivity index (χ2n) is 10.6. The zero-order valence-corrected chi connectivity index (χ0v) is 20.9. The number of anilines is 1. The molecule has 1 amide bonds. The van der Waals surface area contributed by atoms with Crippen LogP contribution in [0.4, 0.5) is 5.95 Å². The molecule has 1 aliphatic carbocycles. The summed E-state index contributed by atoms with van der Waals surface area (Å²) in [5.41, 5.74) is 6.13. The number of aryl methyl sites for hydroxylation is 2. The van der Waals surface area contributed by atoms with Gasteiger partial charge >= 0.3 is 0 Å². The second kappa shape index (κ2) is 9.81. The molecule has 5 rings (SSSR count). The van der Waals surface area contributed by atoms with Gasteiger partial charge in [-0.2, -0.15) is 0 Å². The Bertz CT molecular complexity index is 1160. The van der Waals surface area contributed by atoms with Gasteiger partial charge in [0.15, 0.2) is 0 Å². The van der Waals surface area contributed by atoms with Crippen LogP contribution in [0.2, 0.25) is 0 Å². The molecule has 2 aliphatic rings. The first kappa shape index (κ1) is 22.9. The van der Waals surface area contributed by atoms with Gasteiger partial charge in [-0.25, -0.2) is 4.98 Å². The van der Waals surface area contributed by atoms with E-state index in [0.29, 0.717) is 12.0 Å². The van der Waals surface area contributed by atoms with Crippen LogP contribution in [0.5, 0.6) is 0 Å². The van der Waals surface area contributed by atoms with Gasteiger partial charge in [0.2, 0.25) is 11.9 Å². The van der Waals surface area contributed by atoms with Gasteiger partial charge in [0.25, 0.3) is 0 Å². The Morgan fingerprint density at radius 1 is 1.03 bits per heavy atom. The third-order valence-electron chi connectivity index (χ3n) is 8.06. The van der Waals surface area contributed by atoms with Crippen molar-refractivity contribution in [1.29, 1.82) is 0 Å². The Labute approximate surface area is 203 Å². The van der Waals surface area contributed by atoms with E-state index in [4.69, 9.17) is 4.98 Å². The molecule has 1 aliphatic heterocycles. The number of nitrogens with zero attached hydrogens (tertiary/aromatic N) is 3. The molecule has 0 spiro atoms. The van der Waals surface area contributed by atoms with Crippen molar-refractivity contribution in [3.05, 3.63) is 59.2 Å². The third kappa shape index (κ3) is 4.70. The van der Waals surface area contributed by atoms with Crippen molar-refractivity contribution in [2.24, 2.45) is 11.8 Å². The van der Waals surface area contributed by atoms with Crippen molar-refractivity contribution < 1.29 is 4.79 Å². The molecule has 3 aromatic rings. The zero-order chi connectivity index (χ0) is 23.7. The third-order valence-corrected chi connectivity index (χ3v) is 8.06. The average molecular weight is 459 g/mol. The lowest BCUT2D eigenvalue weighted by Crippen LogP contribution is -2.47. The lowest BCUT2D eigenvalue weighted by Gasteiger charge is -2.35. The molecule has 2 atom stereocenters. The quantitative estimate of drug-likeness (QED) is 0.540. The molecule has 34 heavy (non-hydrogen) atoms. The van der Waals surface area contributed by atoms with Crippen LogP contribution >= 0.6 is 0 Å². The number of para-hydroxylation sites is 2. The van der Waals surface area contributed by atoms with Crippen molar-refractivity contribution in [3.8, 4) is 0 Å². The minimum atomic E-state index is 0.113. The Hall–Kier alpha value is -2.82. The first-order chi connectivity index (χ1) is 16.5. The van der Waals surface area contributed by atoms with Crippen LogP contribution in [-0.2, 0) is 11.3 Å². The van der Waals surface area contributed by atoms with Crippen LogP contribution in [0.3, 0.4) is 0 Å². The normalized spacial score (nSPS) is 21.7. The molecule has 2 heterocycles. The number of nitrogens with one attached hydrogen (secondary N) is 1. The van der Waals surface area contributed by atoms with Gasteiger partial charge in [-0.15, -0.1) is 0 Å². The summed E-state index contributed by atoms with van der Waals surface area (Å²) in [5, 5.41) is 3.39. The molecule has 1 N–H and O–H groups in total. The minimum Gasteiger partial charge on any atom is -0.353 e.